The number of aromatic carboxylic acids is 1. The van der Waals surface area contributed by atoms with E-state index in [4.69, 9.17) is 0 Å². The molecule has 1 heterocycles. The molecule has 0 aliphatic carbocycles. The lowest BCUT2D eigenvalue weighted by Crippen LogP contribution is -2.29. The van der Waals surface area contributed by atoms with Crippen molar-refractivity contribution < 1.29 is 14.3 Å². The van der Waals surface area contributed by atoms with Crippen molar-refractivity contribution in [1.82, 2.24) is 0 Å². The highest BCUT2D eigenvalue weighted by atomic mass is 19.1. The molecule has 21 heavy (non-hydrogen) atoms. The first kappa shape index (κ1) is 13.6. The van der Waals surface area contributed by atoms with Gasteiger partial charge in [-0.2, -0.15) is 0 Å². The largest absolute Gasteiger partial charge is 0.478 e. The third-order valence-electron chi connectivity index (χ3n) is 3.99. The zero-order chi connectivity index (χ0) is 15.0. The van der Waals surface area contributed by atoms with Crippen LogP contribution in [0.3, 0.4) is 0 Å². The Morgan fingerprint density at radius 2 is 2.10 bits per heavy atom. The second-order valence-corrected chi connectivity index (χ2v) is 5.42. The summed E-state index contributed by atoms with van der Waals surface area (Å²) in [5.41, 5.74) is 3.02. The van der Waals surface area contributed by atoms with Crippen molar-refractivity contribution in [2.75, 3.05) is 4.90 Å². The maximum absolute atomic E-state index is 13.5. The van der Waals surface area contributed by atoms with Crippen LogP contribution in [0.1, 0.15) is 28.4 Å². The third kappa shape index (κ3) is 2.49. The summed E-state index contributed by atoms with van der Waals surface area (Å²) in [5, 5.41) is 9.25. The fourth-order valence-corrected chi connectivity index (χ4v) is 2.96. The standard InChI is InChI=1S/C17H16FNO2/c1-11-8-12-4-2-3-5-16(12)19(11)10-13-9-14(18)6-7-15(13)17(20)21/h2-7,9,11H,8,10H2,1H3,(H,20,21). The minimum absolute atomic E-state index is 0.160. The smallest absolute Gasteiger partial charge is 0.336 e. The molecule has 1 N–H and O–H groups in total. The molecule has 2 aromatic carbocycles. The topological polar surface area (TPSA) is 40.5 Å². The number of carbonyl (C=O) groups is 1. The van der Waals surface area contributed by atoms with E-state index >= 15 is 0 Å². The van der Waals surface area contributed by atoms with Gasteiger partial charge in [-0.15, -0.1) is 0 Å². The van der Waals surface area contributed by atoms with Gasteiger partial charge in [0.2, 0.25) is 0 Å². The maximum atomic E-state index is 13.5. The number of carboxylic acids is 1. The Morgan fingerprint density at radius 1 is 1.33 bits per heavy atom. The number of hydrogen-bond acceptors (Lipinski definition) is 2. The monoisotopic (exact) mass is 285 g/mol. The molecule has 0 amide bonds. The summed E-state index contributed by atoms with van der Waals surface area (Å²) in [4.78, 5) is 13.4. The number of hydrogen-bond donors (Lipinski definition) is 1. The van der Waals surface area contributed by atoms with Crippen LogP contribution in [0.5, 0.6) is 0 Å². The van der Waals surface area contributed by atoms with Crippen LogP contribution >= 0.6 is 0 Å². The zero-order valence-corrected chi connectivity index (χ0v) is 11.7. The van der Waals surface area contributed by atoms with E-state index in [0.717, 1.165) is 12.1 Å². The number of nitrogens with zero attached hydrogens (tertiary/aromatic N) is 1. The minimum Gasteiger partial charge on any atom is -0.478 e. The first-order chi connectivity index (χ1) is 10.1. The summed E-state index contributed by atoms with van der Waals surface area (Å²) < 4.78 is 13.5. The lowest BCUT2D eigenvalue weighted by atomic mass is 10.1. The van der Waals surface area contributed by atoms with Gasteiger partial charge in [-0.1, -0.05) is 18.2 Å². The molecule has 0 saturated heterocycles. The fraction of sp³-hybridized carbons (Fsp3) is 0.235. The van der Waals surface area contributed by atoms with Gasteiger partial charge >= 0.3 is 5.97 Å². The summed E-state index contributed by atoms with van der Waals surface area (Å²) >= 11 is 0. The van der Waals surface area contributed by atoms with Gasteiger partial charge in [0.15, 0.2) is 0 Å². The molecule has 0 radical (unpaired) electrons. The lowest BCUT2D eigenvalue weighted by molar-refractivity contribution is 0.0695. The Kier molecular flexibility index (Phi) is 3.37. The normalized spacial score (nSPS) is 16.9. The summed E-state index contributed by atoms with van der Waals surface area (Å²) in [7, 11) is 0. The van der Waals surface area contributed by atoms with Crippen LogP contribution in [0.4, 0.5) is 10.1 Å². The average molecular weight is 285 g/mol. The number of para-hydroxylation sites is 1. The molecular weight excluding hydrogens is 269 g/mol. The summed E-state index contributed by atoms with van der Waals surface area (Å²) in [5.74, 6) is -1.43. The van der Waals surface area contributed by atoms with Gasteiger partial charge in [-0.05, 0) is 48.7 Å². The van der Waals surface area contributed by atoms with E-state index in [-0.39, 0.29) is 11.6 Å². The van der Waals surface area contributed by atoms with Gasteiger partial charge in [0.05, 0.1) is 5.56 Å². The predicted molar refractivity (Wildman–Crippen MR) is 79.2 cm³/mol. The molecule has 2 aromatic rings. The molecule has 0 spiro atoms. The Morgan fingerprint density at radius 3 is 2.86 bits per heavy atom. The highest BCUT2D eigenvalue weighted by Gasteiger charge is 2.26. The van der Waals surface area contributed by atoms with Gasteiger partial charge in [-0.25, -0.2) is 9.18 Å². The van der Waals surface area contributed by atoms with Crippen molar-refractivity contribution in [3.63, 3.8) is 0 Å². The van der Waals surface area contributed by atoms with Crippen LogP contribution in [0.2, 0.25) is 0 Å². The molecule has 0 fully saturated rings. The van der Waals surface area contributed by atoms with Gasteiger partial charge in [-0.3, -0.25) is 0 Å². The van der Waals surface area contributed by atoms with Crippen LogP contribution in [-0.4, -0.2) is 17.1 Å². The van der Waals surface area contributed by atoms with E-state index in [2.05, 4.69) is 17.9 Å². The van der Waals surface area contributed by atoms with Crippen molar-refractivity contribution >= 4 is 11.7 Å². The minimum atomic E-state index is -1.02. The summed E-state index contributed by atoms with van der Waals surface area (Å²) in [6, 6.07) is 12.2. The van der Waals surface area contributed by atoms with Gasteiger partial charge in [0.1, 0.15) is 5.82 Å². The Hall–Kier alpha value is -2.36. The van der Waals surface area contributed by atoms with Gasteiger partial charge < -0.3 is 10.0 Å². The molecule has 1 unspecified atom stereocenters. The van der Waals surface area contributed by atoms with E-state index in [9.17, 15) is 14.3 Å². The molecule has 4 heteroatoms. The Balaban J connectivity index is 1.97. The molecule has 108 valence electrons. The number of rotatable bonds is 3. The van der Waals surface area contributed by atoms with E-state index in [1.54, 1.807) is 0 Å². The SMILES string of the molecule is CC1Cc2ccccc2N1Cc1cc(F)ccc1C(=O)O. The zero-order valence-electron chi connectivity index (χ0n) is 11.7. The molecule has 3 nitrogen and oxygen atoms in total. The van der Waals surface area contributed by atoms with Crippen molar-refractivity contribution in [3.8, 4) is 0 Å². The molecule has 0 aromatic heterocycles. The highest BCUT2D eigenvalue weighted by molar-refractivity contribution is 5.89. The van der Waals surface area contributed by atoms with Crippen LogP contribution in [-0.2, 0) is 13.0 Å². The Labute approximate surface area is 122 Å². The van der Waals surface area contributed by atoms with E-state index < -0.39 is 11.8 Å². The van der Waals surface area contributed by atoms with E-state index in [1.807, 2.05) is 18.2 Å². The first-order valence-corrected chi connectivity index (χ1v) is 6.92. The molecule has 1 atom stereocenters. The molecule has 1 aliphatic heterocycles. The van der Waals surface area contributed by atoms with Crippen molar-refractivity contribution in [1.29, 1.82) is 0 Å². The molecule has 3 rings (SSSR count). The van der Waals surface area contributed by atoms with Crippen molar-refractivity contribution in [2.24, 2.45) is 0 Å². The van der Waals surface area contributed by atoms with E-state index in [0.29, 0.717) is 12.1 Å². The first-order valence-electron chi connectivity index (χ1n) is 6.92. The van der Waals surface area contributed by atoms with Crippen molar-refractivity contribution in [3.05, 3.63) is 65.0 Å². The highest BCUT2D eigenvalue weighted by Crippen LogP contribution is 2.33. The number of carboxylic acid groups (broad SMARTS) is 1. The quantitative estimate of drug-likeness (QED) is 0.938. The van der Waals surface area contributed by atoms with E-state index in [1.165, 1.54) is 23.8 Å². The van der Waals surface area contributed by atoms with Crippen LogP contribution in [0, 0.1) is 5.82 Å². The molecule has 0 bridgehead atoms. The van der Waals surface area contributed by atoms with Gasteiger partial charge in [0.25, 0.3) is 0 Å². The molecular formula is C17H16FNO2. The average Bonchev–Trinajstić information content (AvgIpc) is 2.75. The van der Waals surface area contributed by atoms with Crippen LogP contribution in [0.25, 0.3) is 0 Å². The van der Waals surface area contributed by atoms with Crippen LogP contribution in [0.15, 0.2) is 42.5 Å². The number of anilines is 1. The second-order valence-electron chi connectivity index (χ2n) is 5.42. The maximum Gasteiger partial charge on any atom is 0.336 e. The summed E-state index contributed by atoms with van der Waals surface area (Å²) in [6.07, 6.45) is 0.924. The van der Waals surface area contributed by atoms with Gasteiger partial charge in [0, 0.05) is 18.3 Å². The fourth-order valence-electron chi connectivity index (χ4n) is 2.96. The predicted octanol–water partition coefficient (Wildman–Crippen LogP) is 3.48. The molecule has 1 aliphatic rings. The Bertz CT molecular complexity index is 699. The third-order valence-corrected chi connectivity index (χ3v) is 3.99. The summed E-state index contributed by atoms with van der Waals surface area (Å²) in [6.45, 7) is 2.50. The van der Waals surface area contributed by atoms with Crippen molar-refractivity contribution in [2.45, 2.75) is 25.9 Å². The van der Waals surface area contributed by atoms with Crippen LogP contribution < -0.4 is 4.90 Å². The second kappa shape index (κ2) is 5.20. The molecule has 0 saturated carbocycles. The number of halogens is 1. The number of fused-ring (bicyclic) bond motifs is 1. The lowest BCUT2D eigenvalue weighted by Gasteiger charge is -2.25. The number of benzene rings is 2.